The van der Waals surface area contributed by atoms with Gasteiger partial charge in [-0.25, -0.2) is 5.84 Å². The summed E-state index contributed by atoms with van der Waals surface area (Å²) in [6.45, 7) is 7.55. The molecule has 4 heteroatoms. The Morgan fingerprint density at radius 2 is 1.85 bits per heavy atom. The molecule has 0 fully saturated rings. The third kappa shape index (κ3) is 5.72. The SMILES string of the molecule is CCCCN(CCCC)Cc1cccc(C(=O)NN)c1. The van der Waals surface area contributed by atoms with E-state index in [2.05, 4.69) is 30.2 Å². The largest absolute Gasteiger partial charge is 0.299 e. The van der Waals surface area contributed by atoms with Gasteiger partial charge in [0.2, 0.25) is 0 Å². The highest BCUT2D eigenvalue weighted by Crippen LogP contribution is 2.10. The van der Waals surface area contributed by atoms with Gasteiger partial charge in [-0.1, -0.05) is 38.8 Å². The van der Waals surface area contributed by atoms with E-state index in [1.54, 1.807) is 6.07 Å². The number of hydrogen-bond acceptors (Lipinski definition) is 3. The zero-order valence-corrected chi connectivity index (χ0v) is 12.7. The Labute approximate surface area is 122 Å². The van der Waals surface area contributed by atoms with E-state index in [1.807, 2.05) is 12.1 Å². The standard InChI is InChI=1S/C16H27N3O/c1-3-5-10-19(11-6-4-2)13-14-8-7-9-15(12-14)16(20)18-17/h7-9,12H,3-6,10-11,13,17H2,1-2H3,(H,18,20). The highest BCUT2D eigenvalue weighted by atomic mass is 16.2. The summed E-state index contributed by atoms with van der Waals surface area (Å²) in [5, 5.41) is 0. The fourth-order valence-corrected chi connectivity index (χ4v) is 2.19. The highest BCUT2D eigenvalue weighted by molar-refractivity contribution is 5.93. The molecule has 0 aromatic heterocycles. The Morgan fingerprint density at radius 1 is 1.20 bits per heavy atom. The van der Waals surface area contributed by atoms with E-state index in [4.69, 9.17) is 5.84 Å². The number of carbonyl (C=O) groups excluding carboxylic acids is 1. The monoisotopic (exact) mass is 277 g/mol. The van der Waals surface area contributed by atoms with Crippen LogP contribution in [-0.2, 0) is 6.54 Å². The van der Waals surface area contributed by atoms with Crippen LogP contribution in [-0.4, -0.2) is 23.9 Å². The van der Waals surface area contributed by atoms with Crippen molar-refractivity contribution in [3.8, 4) is 0 Å². The number of carbonyl (C=O) groups is 1. The molecular weight excluding hydrogens is 250 g/mol. The number of nitrogen functional groups attached to an aromatic ring is 1. The molecule has 0 aliphatic heterocycles. The van der Waals surface area contributed by atoms with E-state index < -0.39 is 0 Å². The molecule has 1 aromatic carbocycles. The molecule has 112 valence electrons. The maximum Gasteiger partial charge on any atom is 0.265 e. The van der Waals surface area contributed by atoms with Crippen LogP contribution in [0.3, 0.4) is 0 Å². The summed E-state index contributed by atoms with van der Waals surface area (Å²) in [4.78, 5) is 14.0. The van der Waals surface area contributed by atoms with E-state index in [1.165, 1.54) is 31.2 Å². The molecule has 0 atom stereocenters. The Balaban J connectivity index is 2.68. The third-order valence-corrected chi connectivity index (χ3v) is 3.38. The summed E-state index contributed by atoms with van der Waals surface area (Å²) >= 11 is 0. The first-order valence-corrected chi connectivity index (χ1v) is 7.53. The molecule has 20 heavy (non-hydrogen) atoms. The predicted octanol–water partition coefficient (Wildman–Crippen LogP) is 2.69. The number of nitrogens with one attached hydrogen (secondary N) is 1. The van der Waals surface area contributed by atoms with Crippen molar-refractivity contribution in [1.82, 2.24) is 10.3 Å². The van der Waals surface area contributed by atoms with Gasteiger partial charge in [-0.3, -0.25) is 15.1 Å². The van der Waals surface area contributed by atoms with Crippen molar-refractivity contribution in [2.24, 2.45) is 5.84 Å². The zero-order valence-electron chi connectivity index (χ0n) is 12.7. The van der Waals surface area contributed by atoms with Crippen molar-refractivity contribution in [1.29, 1.82) is 0 Å². The fourth-order valence-electron chi connectivity index (χ4n) is 2.19. The van der Waals surface area contributed by atoms with Crippen LogP contribution in [0, 0.1) is 0 Å². The number of nitrogens with zero attached hydrogens (tertiary/aromatic N) is 1. The number of nitrogens with two attached hydrogens (primary N) is 1. The summed E-state index contributed by atoms with van der Waals surface area (Å²) in [5.41, 5.74) is 3.96. The van der Waals surface area contributed by atoms with Gasteiger partial charge >= 0.3 is 0 Å². The van der Waals surface area contributed by atoms with Gasteiger partial charge in [0.25, 0.3) is 5.91 Å². The average Bonchev–Trinajstić information content (AvgIpc) is 2.49. The molecule has 0 saturated heterocycles. The van der Waals surface area contributed by atoms with E-state index in [-0.39, 0.29) is 5.91 Å². The molecule has 1 rings (SSSR count). The lowest BCUT2D eigenvalue weighted by atomic mass is 10.1. The van der Waals surface area contributed by atoms with Crippen molar-refractivity contribution >= 4 is 5.91 Å². The van der Waals surface area contributed by atoms with Gasteiger partial charge in [-0.15, -0.1) is 0 Å². The van der Waals surface area contributed by atoms with E-state index in [0.29, 0.717) is 5.56 Å². The number of unbranched alkanes of at least 4 members (excludes halogenated alkanes) is 2. The van der Waals surface area contributed by atoms with Gasteiger partial charge in [0, 0.05) is 12.1 Å². The van der Waals surface area contributed by atoms with Gasteiger partial charge in [-0.05, 0) is 43.6 Å². The van der Waals surface area contributed by atoms with E-state index in [9.17, 15) is 4.79 Å². The molecule has 0 aliphatic rings. The molecule has 1 amide bonds. The van der Waals surface area contributed by atoms with Crippen LogP contribution in [0.25, 0.3) is 0 Å². The quantitative estimate of drug-likeness (QED) is 0.414. The topological polar surface area (TPSA) is 58.4 Å². The number of rotatable bonds is 9. The number of benzene rings is 1. The maximum absolute atomic E-state index is 11.5. The fraction of sp³-hybridized carbons (Fsp3) is 0.562. The first kappa shape index (κ1) is 16.7. The second-order valence-electron chi connectivity index (χ2n) is 5.16. The van der Waals surface area contributed by atoms with Crippen molar-refractivity contribution in [2.45, 2.75) is 46.1 Å². The minimum absolute atomic E-state index is 0.236. The minimum atomic E-state index is -0.236. The third-order valence-electron chi connectivity index (χ3n) is 3.38. The van der Waals surface area contributed by atoms with Crippen LogP contribution < -0.4 is 11.3 Å². The number of amides is 1. The summed E-state index contributed by atoms with van der Waals surface area (Å²) in [6, 6.07) is 7.69. The molecule has 3 N–H and O–H groups in total. The lowest BCUT2D eigenvalue weighted by Gasteiger charge is -2.22. The molecule has 0 radical (unpaired) electrons. The van der Waals surface area contributed by atoms with Crippen LogP contribution in [0.1, 0.15) is 55.5 Å². The van der Waals surface area contributed by atoms with Gasteiger partial charge in [-0.2, -0.15) is 0 Å². The predicted molar refractivity (Wildman–Crippen MR) is 83.2 cm³/mol. The molecule has 0 saturated carbocycles. The summed E-state index contributed by atoms with van der Waals surface area (Å²) in [6.07, 6.45) is 4.84. The molecule has 0 spiro atoms. The lowest BCUT2D eigenvalue weighted by Crippen LogP contribution is -2.30. The molecule has 0 bridgehead atoms. The second kappa shape index (κ2) is 9.50. The van der Waals surface area contributed by atoms with Crippen molar-refractivity contribution in [3.63, 3.8) is 0 Å². The zero-order chi connectivity index (χ0) is 14.8. The smallest absolute Gasteiger partial charge is 0.265 e. The molecular formula is C16H27N3O. The Hall–Kier alpha value is -1.39. The Morgan fingerprint density at radius 3 is 2.40 bits per heavy atom. The summed E-state index contributed by atoms with van der Waals surface area (Å²) in [5.74, 6) is 4.94. The van der Waals surface area contributed by atoms with Crippen molar-refractivity contribution < 1.29 is 4.79 Å². The first-order valence-electron chi connectivity index (χ1n) is 7.53. The van der Waals surface area contributed by atoms with Gasteiger partial charge in [0.05, 0.1) is 0 Å². The van der Waals surface area contributed by atoms with Crippen LogP contribution in [0.2, 0.25) is 0 Å². The van der Waals surface area contributed by atoms with Crippen molar-refractivity contribution in [2.75, 3.05) is 13.1 Å². The average molecular weight is 277 g/mol. The first-order chi connectivity index (χ1) is 9.71. The second-order valence-corrected chi connectivity index (χ2v) is 5.16. The minimum Gasteiger partial charge on any atom is -0.299 e. The highest BCUT2D eigenvalue weighted by Gasteiger charge is 2.08. The molecule has 1 aromatic rings. The van der Waals surface area contributed by atoms with E-state index in [0.717, 1.165) is 19.6 Å². The summed E-state index contributed by atoms with van der Waals surface area (Å²) in [7, 11) is 0. The van der Waals surface area contributed by atoms with Crippen LogP contribution in [0.4, 0.5) is 0 Å². The molecule has 4 nitrogen and oxygen atoms in total. The Kier molecular flexibility index (Phi) is 7.92. The summed E-state index contributed by atoms with van der Waals surface area (Å²) < 4.78 is 0. The van der Waals surface area contributed by atoms with Crippen molar-refractivity contribution in [3.05, 3.63) is 35.4 Å². The molecule has 0 unspecified atom stereocenters. The van der Waals surface area contributed by atoms with E-state index >= 15 is 0 Å². The normalized spacial score (nSPS) is 10.8. The van der Waals surface area contributed by atoms with Gasteiger partial charge < -0.3 is 0 Å². The lowest BCUT2D eigenvalue weighted by molar-refractivity contribution is 0.0953. The van der Waals surface area contributed by atoms with Gasteiger partial charge in [0.1, 0.15) is 0 Å². The molecule has 0 aliphatic carbocycles. The van der Waals surface area contributed by atoms with Gasteiger partial charge in [0.15, 0.2) is 0 Å². The maximum atomic E-state index is 11.5. The van der Waals surface area contributed by atoms with Crippen LogP contribution in [0.15, 0.2) is 24.3 Å². The molecule has 0 heterocycles. The number of hydrogen-bond donors (Lipinski definition) is 2. The Bertz CT molecular complexity index is 398. The number of hydrazine groups is 1. The van der Waals surface area contributed by atoms with Crippen LogP contribution in [0.5, 0.6) is 0 Å². The van der Waals surface area contributed by atoms with Crippen LogP contribution >= 0.6 is 0 Å².